The van der Waals surface area contributed by atoms with Gasteiger partial charge in [0.15, 0.2) is 0 Å². The molecule has 256 valence electrons. The number of nitrogens with one attached hydrogen (secondary N) is 1. The maximum atomic E-state index is 12.5. The molecule has 0 saturated heterocycles. The topological polar surface area (TPSA) is 73.9 Å². The number of Topliss-reactive ketones (excluding diaryl/α,β-unsaturated/α-hetero) is 1. The molecule has 6 nitrogen and oxygen atoms in total. The molecule has 0 unspecified atom stereocenters. The van der Waals surface area contributed by atoms with Crippen LogP contribution in [0.3, 0.4) is 0 Å². The Morgan fingerprint density at radius 2 is 1.71 bits per heavy atom. The number of alkyl carbamates (subject to hydrolysis) is 1. The van der Waals surface area contributed by atoms with E-state index in [2.05, 4.69) is 59.0 Å². The molecule has 4 aliphatic carbocycles. The van der Waals surface area contributed by atoms with E-state index in [0.29, 0.717) is 50.7 Å². The van der Waals surface area contributed by atoms with Crippen molar-refractivity contribution in [1.82, 2.24) is 5.32 Å². The van der Waals surface area contributed by atoms with Gasteiger partial charge in [0, 0.05) is 31.7 Å². The van der Waals surface area contributed by atoms with E-state index in [1.165, 1.54) is 56.9 Å². The van der Waals surface area contributed by atoms with Crippen LogP contribution in [0.15, 0.2) is 23.3 Å². The van der Waals surface area contributed by atoms with Crippen molar-refractivity contribution in [2.24, 2.45) is 46.8 Å². The molecule has 2 saturated carbocycles. The first-order valence-corrected chi connectivity index (χ1v) is 18.7. The van der Waals surface area contributed by atoms with E-state index in [0.717, 1.165) is 55.3 Å². The molecule has 2 fully saturated rings. The van der Waals surface area contributed by atoms with Gasteiger partial charge in [0.1, 0.15) is 11.9 Å². The van der Waals surface area contributed by atoms with Gasteiger partial charge in [-0.3, -0.25) is 4.79 Å². The Morgan fingerprint density at radius 3 is 2.44 bits per heavy atom. The molecule has 0 aromatic heterocycles. The first-order chi connectivity index (χ1) is 21.7. The number of ether oxygens (including phenoxy) is 3. The molecule has 1 N–H and O–H groups in total. The Labute approximate surface area is 274 Å². The molecule has 6 heteroatoms. The fourth-order valence-corrected chi connectivity index (χ4v) is 9.68. The SMILES string of the molecule is CCC(CC)C(=O)CCOCCOCCNC(=O)O[C@H]1CC=C2C(=CC[C@@H]3[C@@H]2CC[C@]2(C)[C@@H]([C@H](C)CCCC(C)C)CC[C@@H]32)C1. The van der Waals surface area contributed by atoms with E-state index in [1.54, 1.807) is 5.57 Å². The quantitative estimate of drug-likeness (QED) is 0.154. The largest absolute Gasteiger partial charge is 0.446 e. The minimum atomic E-state index is -0.362. The van der Waals surface area contributed by atoms with Crippen LogP contribution in [0.5, 0.6) is 0 Å². The summed E-state index contributed by atoms with van der Waals surface area (Å²) in [6, 6.07) is 0. The van der Waals surface area contributed by atoms with Crippen molar-refractivity contribution in [3.63, 3.8) is 0 Å². The van der Waals surface area contributed by atoms with Gasteiger partial charge in [-0.25, -0.2) is 4.79 Å². The second kappa shape index (κ2) is 17.5. The maximum Gasteiger partial charge on any atom is 0.407 e. The van der Waals surface area contributed by atoms with Gasteiger partial charge < -0.3 is 19.5 Å². The number of amides is 1. The van der Waals surface area contributed by atoms with Crippen molar-refractivity contribution in [1.29, 1.82) is 0 Å². The van der Waals surface area contributed by atoms with E-state index in [1.807, 2.05) is 0 Å². The molecule has 0 aromatic carbocycles. The number of hydrogen-bond acceptors (Lipinski definition) is 5. The lowest BCUT2D eigenvalue weighted by molar-refractivity contribution is -0.124. The summed E-state index contributed by atoms with van der Waals surface area (Å²) in [5.41, 5.74) is 3.52. The number of carbonyl (C=O) groups excluding carboxylic acids is 2. The molecule has 7 atom stereocenters. The van der Waals surface area contributed by atoms with E-state index in [4.69, 9.17) is 14.2 Å². The Hall–Kier alpha value is -1.66. The highest BCUT2D eigenvalue weighted by Crippen LogP contribution is 2.64. The van der Waals surface area contributed by atoms with Crippen LogP contribution < -0.4 is 5.32 Å². The smallest absolute Gasteiger partial charge is 0.407 e. The molecule has 0 aromatic rings. The van der Waals surface area contributed by atoms with E-state index < -0.39 is 0 Å². The zero-order valence-electron chi connectivity index (χ0n) is 29.5. The summed E-state index contributed by atoms with van der Waals surface area (Å²) in [6.45, 7) is 16.2. The number of carbonyl (C=O) groups is 2. The van der Waals surface area contributed by atoms with Gasteiger partial charge >= 0.3 is 6.09 Å². The number of allylic oxidation sites excluding steroid dienone is 2. The third kappa shape index (κ3) is 9.46. The van der Waals surface area contributed by atoms with Crippen molar-refractivity contribution in [2.75, 3.05) is 33.0 Å². The monoisotopic (exact) mass is 627 g/mol. The molecule has 0 aliphatic heterocycles. The summed E-state index contributed by atoms with van der Waals surface area (Å²) in [4.78, 5) is 24.6. The highest BCUT2D eigenvalue weighted by molar-refractivity contribution is 5.80. The van der Waals surface area contributed by atoms with Crippen molar-refractivity contribution in [2.45, 2.75) is 131 Å². The van der Waals surface area contributed by atoms with E-state index in [-0.39, 0.29) is 23.9 Å². The highest BCUT2D eigenvalue weighted by atomic mass is 16.6. The van der Waals surface area contributed by atoms with Gasteiger partial charge in [-0.15, -0.1) is 0 Å². The number of hydrogen-bond donors (Lipinski definition) is 1. The van der Waals surface area contributed by atoms with Gasteiger partial charge in [-0.05, 0) is 97.0 Å². The third-order valence-corrected chi connectivity index (χ3v) is 12.2. The summed E-state index contributed by atoms with van der Waals surface area (Å²) in [7, 11) is 0. The zero-order valence-corrected chi connectivity index (χ0v) is 29.5. The second-order valence-corrected chi connectivity index (χ2v) is 15.4. The molecule has 45 heavy (non-hydrogen) atoms. The molecular formula is C39H65NO5. The predicted octanol–water partition coefficient (Wildman–Crippen LogP) is 9.08. The molecule has 0 spiro atoms. The van der Waals surface area contributed by atoms with Crippen molar-refractivity contribution in [3.8, 4) is 0 Å². The molecule has 1 amide bonds. The van der Waals surface area contributed by atoms with Crippen LogP contribution in [-0.4, -0.2) is 51.0 Å². The van der Waals surface area contributed by atoms with Gasteiger partial charge in [0.05, 0.1) is 26.4 Å². The van der Waals surface area contributed by atoms with Crippen LogP contribution in [-0.2, 0) is 19.0 Å². The molecular weight excluding hydrogens is 562 g/mol. The molecule has 4 aliphatic rings. The normalized spacial score (nSPS) is 29.8. The first-order valence-electron chi connectivity index (χ1n) is 18.7. The minimum Gasteiger partial charge on any atom is -0.446 e. The molecule has 0 bridgehead atoms. The van der Waals surface area contributed by atoms with Crippen molar-refractivity contribution < 1.29 is 23.8 Å². The number of fused-ring (bicyclic) bond motifs is 5. The van der Waals surface area contributed by atoms with Crippen LogP contribution in [0.2, 0.25) is 0 Å². The summed E-state index contributed by atoms with van der Waals surface area (Å²) in [5, 5.41) is 2.84. The lowest BCUT2D eigenvalue weighted by atomic mass is 9.52. The Morgan fingerprint density at radius 1 is 0.956 bits per heavy atom. The number of rotatable bonds is 18. The fourth-order valence-electron chi connectivity index (χ4n) is 9.68. The lowest BCUT2D eigenvalue weighted by Gasteiger charge is -2.52. The van der Waals surface area contributed by atoms with Crippen molar-refractivity contribution in [3.05, 3.63) is 23.3 Å². The van der Waals surface area contributed by atoms with Crippen LogP contribution in [0.4, 0.5) is 4.79 Å². The second-order valence-electron chi connectivity index (χ2n) is 15.4. The Bertz CT molecular complexity index is 1010. The Kier molecular flexibility index (Phi) is 14.1. The maximum absolute atomic E-state index is 12.5. The molecule has 4 rings (SSSR count). The first kappa shape index (κ1) is 36.2. The average molecular weight is 628 g/mol. The standard InChI is InChI=1S/C39H65NO5/c1-7-29(8-2)37(41)19-22-43-24-25-44-23-21-40-38(42)45-31-13-15-32-30(26-31)12-14-34-33(32)18-20-39(6)35(16-17-36(34)39)28(5)11-9-10-27(3)4/h12,15,27-29,31,33-36H,7-11,13-14,16-26H2,1-6H3,(H,40,42)/t28-,31+,33-,34-,35-,36+,39-/m1/s1. The lowest BCUT2D eigenvalue weighted by Crippen LogP contribution is -2.44. The van der Waals surface area contributed by atoms with Crippen LogP contribution in [0, 0.1) is 46.8 Å². The van der Waals surface area contributed by atoms with Gasteiger partial charge in [-0.2, -0.15) is 0 Å². The minimum absolute atomic E-state index is 0.0926. The highest BCUT2D eigenvalue weighted by Gasteiger charge is 2.55. The van der Waals surface area contributed by atoms with Gasteiger partial charge in [0.2, 0.25) is 0 Å². The van der Waals surface area contributed by atoms with Crippen LogP contribution in [0.25, 0.3) is 0 Å². The summed E-state index contributed by atoms with van der Waals surface area (Å²) in [6.07, 6.45) is 19.2. The van der Waals surface area contributed by atoms with E-state index in [9.17, 15) is 9.59 Å². The molecule has 0 heterocycles. The van der Waals surface area contributed by atoms with E-state index >= 15 is 0 Å². The third-order valence-electron chi connectivity index (χ3n) is 12.2. The number of ketones is 1. The van der Waals surface area contributed by atoms with Crippen molar-refractivity contribution >= 4 is 11.9 Å². The summed E-state index contributed by atoms with van der Waals surface area (Å²) >= 11 is 0. The van der Waals surface area contributed by atoms with Crippen LogP contribution >= 0.6 is 0 Å². The fraction of sp³-hybridized carbons (Fsp3) is 0.846. The molecule has 0 radical (unpaired) electrons. The summed E-state index contributed by atoms with van der Waals surface area (Å²) < 4.78 is 16.9. The van der Waals surface area contributed by atoms with Crippen LogP contribution in [0.1, 0.15) is 125 Å². The Balaban J connectivity index is 1.13. The summed E-state index contributed by atoms with van der Waals surface area (Å²) in [5.74, 6) is 5.32. The van der Waals surface area contributed by atoms with Gasteiger partial charge in [0.25, 0.3) is 0 Å². The zero-order chi connectivity index (χ0) is 32.4. The predicted molar refractivity (Wildman–Crippen MR) is 182 cm³/mol. The average Bonchev–Trinajstić information content (AvgIpc) is 3.37. The van der Waals surface area contributed by atoms with Gasteiger partial charge in [-0.1, -0.05) is 73.0 Å².